The lowest BCUT2D eigenvalue weighted by molar-refractivity contribution is 0.489. The number of oxazole rings is 1. The first-order valence-corrected chi connectivity index (χ1v) is 7.12. The minimum Gasteiger partial charge on any atom is -0.445 e. The molecule has 0 saturated carbocycles. The maximum Gasteiger partial charge on any atom is 0.205 e. The number of nitrogens with zero attached hydrogens (tertiary/aromatic N) is 2. The van der Waals surface area contributed by atoms with Crippen molar-refractivity contribution in [2.24, 2.45) is 0 Å². The highest BCUT2D eigenvalue weighted by atomic mass is 32.2. The van der Waals surface area contributed by atoms with Gasteiger partial charge in [-0.05, 0) is 38.5 Å². The topological polar surface area (TPSA) is 54.7 Å². The van der Waals surface area contributed by atoms with Gasteiger partial charge in [0.1, 0.15) is 5.76 Å². The van der Waals surface area contributed by atoms with Gasteiger partial charge < -0.3 is 9.40 Å². The number of hydrogen-bond acceptors (Lipinski definition) is 4. The van der Waals surface area contributed by atoms with Crippen molar-refractivity contribution in [3.05, 3.63) is 41.1 Å². The van der Waals surface area contributed by atoms with Gasteiger partial charge in [-0.25, -0.2) is 9.97 Å². The normalized spacial score (nSPS) is 11.3. The molecule has 0 amide bonds. The molecule has 0 aliphatic carbocycles. The number of nitrogens with one attached hydrogen (secondary N) is 1. The van der Waals surface area contributed by atoms with Crippen molar-refractivity contribution in [3.63, 3.8) is 0 Å². The maximum atomic E-state index is 5.56. The molecule has 0 radical (unpaired) electrons. The second-order valence-corrected chi connectivity index (χ2v) is 5.56. The summed E-state index contributed by atoms with van der Waals surface area (Å²) >= 11 is 1.60. The fourth-order valence-corrected chi connectivity index (χ4v) is 2.63. The second kappa shape index (κ2) is 4.74. The van der Waals surface area contributed by atoms with E-state index in [1.807, 2.05) is 19.9 Å². The Morgan fingerprint density at radius 2 is 2.05 bits per heavy atom. The third-order valence-corrected chi connectivity index (χ3v) is 3.88. The summed E-state index contributed by atoms with van der Waals surface area (Å²) in [7, 11) is 0. The number of imidazole rings is 1. The van der Waals surface area contributed by atoms with Crippen LogP contribution in [0.1, 0.15) is 22.9 Å². The van der Waals surface area contributed by atoms with E-state index in [-0.39, 0.29) is 0 Å². The van der Waals surface area contributed by atoms with E-state index in [1.54, 1.807) is 11.8 Å². The number of fused-ring (bicyclic) bond motifs is 1. The lowest BCUT2D eigenvalue weighted by Gasteiger charge is -1.92. The van der Waals surface area contributed by atoms with Crippen molar-refractivity contribution in [1.29, 1.82) is 0 Å². The number of benzene rings is 1. The van der Waals surface area contributed by atoms with Gasteiger partial charge in [0.2, 0.25) is 5.89 Å². The first-order chi connectivity index (χ1) is 9.11. The summed E-state index contributed by atoms with van der Waals surface area (Å²) in [6.07, 6.45) is 0. The van der Waals surface area contributed by atoms with Gasteiger partial charge in [-0.15, -0.1) is 0 Å². The molecule has 0 spiro atoms. The van der Waals surface area contributed by atoms with E-state index in [9.17, 15) is 0 Å². The van der Waals surface area contributed by atoms with Gasteiger partial charge in [0.15, 0.2) is 5.16 Å². The standard InChI is InChI=1S/C14H15N3OS/c1-8-4-5-11-12(6-8)17-14(16-11)19-7-13-15-9(2)10(3)18-13/h4-6H,7H2,1-3H3,(H,16,17). The van der Waals surface area contributed by atoms with E-state index in [0.717, 1.165) is 33.5 Å². The average molecular weight is 273 g/mol. The van der Waals surface area contributed by atoms with Gasteiger partial charge in [-0.3, -0.25) is 0 Å². The Hall–Kier alpha value is -1.75. The first-order valence-electron chi connectivity index (χ1n) is 6.14. The third-order valence-electron chi connectivity index (χ3n) is 3.02. The highest BCUT2D eigenvalue weighted by Crippen LogP contribution is 2.24. The summed E-state index contributed by atoms with van der Waals surface area (Å²) in [6.45, 7) is 5.96. The highest BCUT2D eigenvalue weighted by molar-refractivity contribution is 7.98. The molecule has 0 fully saturated rings. The van der Waals surface area contributed by atoms with Crippen LogP contribution in [0.15, 0.2) is 27.8 Å². The van der Waals surface area contributed by atoms with Gasteiger partial charge in [0.25, 0.3) is 0 Å². The zero-order chi connectivity index (χ0) is 13.4. The van der Waals surface area contributed by atoms with Crippen LogP contribution in [0, 0.1) is 20.8 Å². The monoisotopic (exact) mass is 273 g/mol. The molecule has 2 heterocycles. The first kappa shape index (κ1) is 12.3. The fraction of sp³-hybridized carbons (Fsp3) is 0.286. The predicted octanol–water partition coefficient (Wildman–Crippen LogP) is 3.77. The van der Waals surface area contributed by atoms with E-state index in [1.165, 1.54) is 5.56 Å². The lowest BCUT2D eigenvalue weighted by Crippen LogP contribution is -1.82. The molecule has 0 unspecified atom stereocenters. The Morgan fingerprint density at radius 3 is 2.79 bits per heavy atom. The van der Waals surface area contributed by atoms with Crippen LogP contribution < -0.4 is 0 Å². The minimum atomic E-state index is 0.688. The number of aryl methyl sites for hydroxylation is 3. The fourth-order valence-electron chi connectivity index (χ4n) is 1.90. The van der Waals surface area contributed by atoms with Crippen LogP contribution in [0.4, 0.5) is 0 Å². The van der Waals surface area contributed by atoms with E-state index >= 15 is 0 Å². The van der Waals surface area contributed by atoms with Crippen LogP contribution in [-0.2, 0) is 5.75 Å². The van der Waals surface area contributed by atoms with Crippen LogP contribution in [0.3, 0.4) is 0 Å². The molecule has 0 saturated heterocycles. The summed E-state index contributed by atoms with van der Waals surface area (Å²) in [5.74, 6) is 2.32. The Labute approximate surface area is 115 Å². The minimum absolute atomic E-state index is 0.688. The maximum absolute atomic E-state index is 5.56. The molecule has 3 rings (SSSR count). The molecule has 0 aliphatic heterocycles. The smallest absolute Gasteiger partial charge is 0.205 e. The Balaban J connectivity index is 1.78. The summed E-state index contributed by atoms with van der Waals surface area (Å²) in [5.41, 5.74) is 4.25. The van der Waals surface area contributed by atoms with Crippen molar-refractivity contribution < 1.29 is 4.42 Å². The number of thioether (sulfide) groups is 1. The van der Waals surface area contributed by atoms with Crippen molar-refractivity contribution in [2.75, 3.05) is 0 Å². The molecule has 3 aromatic rings. The molecule has 0 aliphatic rings. The summed E-state index contributed by atoms with van der Waals surface area (Å²) in [6, 6.07) is 6.20. The quantitative estimate of drug-likeness (QED) is 0.738. The van der Waals surface area contributed by atoms with E-state index in [4.69, 9.17) is 4.42 Å². The Bertz CT molecular complexity index is 710. The van der Waals surface area contributed by atoms with Gasteiger partial charge in [-0.2, -0.15) is 0 Å². The second-order valence-electron chi connectivity index (χ2n) is 4.60. The van der Waals surface area contributed by atoms with E-state index < -0.39 is 0 Å². The molecule has 2 aromatic heterocycles. The number of aromatic amines is 1. The molecular formula is C14H15N3OS. The van der Waals surface area contributed by atoms with Crippen LogP contribution in [0.2, 0.25) is 0 Å². The lowest BCUT2D eigenvalue weighted by atomic mass is 10.2. The Kier molecular flexibility index (Phi) is 3.06. The molecule has 5 heteroatoms. The van der Waals surface area contributed by atoms with Crippen LogP contribution in [0.5, 0.6) is 0 Å². The molecule has 4 nitrogen and oxygen atoms in total. The van der Waals surface area contributed by atoms with Crippen molar-refractivity contribution in [1.82, 2.24) is 15.0 Å². The zero-order valence-electron chi connectivity index (χ0n) is 11.2. The number of H-pyrrole nitrogens is 1. The van der Waals surface area contributed by atoms with Crippen molar-refractivity contribution in [3.8, 4) is 0 Å². The Morgan fingerprint density at radius 1 is 1.21 bits per heavy atom. The summed E-state index contributed by atoms with van der Waals surface area (Å²) in [4.78, 5) is 12.2. The zero-order valence-corrected chi connectivity index (χ0v) is 12.0. The van der Waals surface area contributed by atoms with E-state index in [0.29, 0.717) is 5.75 Å². The van der Waals surface area contributed by atoms with Crippen LogP contribution in [-0.4, -0.2) is 15.0 Å². The highest BCUT2D eigenvalue weighted by Gasteiger charge is 2.08. The van der Waals surface area contributed by atoms with Crippen molar-refractivity contribution in [2.45, 2.75) is 31.7 Å². The van der Waals surface area contributed by atoms with Crippen LogP contribution >= 0.6 is 11.8 Å². The number of hydrogen-bond donors (Lipinski definition) is 1. The number of rotatable bonds is 3. The molecular weight excluding hydrogens is 258 g/mol. The molecule has 0 atom stereocenters. The molecule has 0 bridgehead atoms. The van der Waals surface area contributed by atoms with Gasteiger partial charge >= 0.3 is 0 Å². The average Bonchev–Trinajstić information content (AvgIpc) is 2.90. The molecule has 19 heavy (non-hydrogen) atoms. The van der Waals surface area contributed by atoms with Gasteiger partial charge in [-0.1, -0.05) is 17.8 Å². The molecule has 98 valence electrons. The summed E-state index contributed by atoms with van der Waals surface area (Å²) < 4.78 is 5.56. The predicted molar refractivity (Wildman–Crippen MR) is 76.4 cm³/mol. The summed E-state index contributed by atoms with van der Waals surface area (Å²) in [5, 5.41) is 0.897. The van der Waals surface area contributed by atoms with Crippen molar-refractivity contribution >= 4 is 22.8 Å². The molecule has 1 aromatic carbocycles. The molecule has 1 N–H and O–H groups in total. The SMILES string of the molecule is Cc1ccc2nc(SCc3nc(C)c(C)o3)[nH]c2c1. The third kappa shape index (κ3) is 2.51. The van der Waals surface area contributed by atoms with Crippen LogP contribution in [0.25, 0.3) is 11.0 Å². The number of aromatic nitrogens is 3. The van der Waals surface area contributed by atoms with E-state index in [2.05, 4.69) is 34.0 Å². The van der Waals surface area contributed by atoms with Gasteiger partial charge in [0.05, 0.1) is 22.5 Å². The largest absolute Gasteiger partial charge is 0.445 e. The van der Waals surface area contributed by atoms with Gasteiger partial charge in [0, 0.05) is 0 Å².